The molecule has 1 saturated carbocycles. The van der Waals surface area contributed by atoms with E-state index in [4.69, 9.17) is 5.73 Å². The van der Waals surface area contributed by atoms with E-state index in [1.165, 1.54) is 43.4 Å². The second kappa shape index (κ2) is 8.08. The van der Waals surface area contributed by atoms with E-state index in [1.807, 2.05) is 11.4 Å². The topological polar surface area (TPSA) is 55.1 Å². The van der Waals surface area contributed by atoms with Crippen LogP contribution in [0.15, 0.2) is 11.4 Å². The fourth-order valence-corrected chi connectivity index (χ4v) is 3.47. The molecule has 1 aliphatic rings. The number of hydrogen-bond donors (Lipinski definition) is 2. The number of thiophene rings is 1. The second-order valence-corrected chi connectivity index (χ2v) is 6.13. The Bertz CT molecular complexity index is 492. The molecular weight excluding hydrogens is 268 g/mol. The van der Waals surface area contributed by atoms with Crippen LogP contribution in [-0.4, -0.2) is 19.0 Å². The van der Waals surface area contributed by atoms with E-state index in [0.717, 1.165) is 24.4 Å². The summed E-state index contributed by atoms with van der Waals surface area (Å²) in [5.74, 6) is 6.62. The molecule has 1 fully saturated rings. The molecule has 1 amide bonds. The molecule has 1 aromatic rings. The molecule has 0 atom stereocenters. The van der Waals surface area contributed by atoms with Crippen molar-refractivity contribution in [3.05, 3.63) is 21.9 Å². The maximum Gasteiger partial charge on any atom is 0.262 e. The van der Waals surface area contributed by atoms with Crippen LogP contribution in [0.1, 0.15) is 53.8 Å². The lowest BCUT2D eigenvalue weighted by molar-refractivity contribution is 0.0956. The average Bonchev–Trinajstić information content (AvgIpc) is 3.12. The van der Waals surface area contributed by atoms with E-state index in [0.29, 0.717) is 11.4 Å². The number of nitrogens with one attached hydrogen (secondary N) is 1. The molecule has 4 heteroatoms. The summed E-state index contributed by atoms with van der Waals surface area (Å²) >= 11 is 1.44. The van der Waals surface area contributed by atoms with Crippen LogP contribution in [0.5, 0.6) is 0 Å². The first kappa shape index (κ1) is 15.1. The van der Waals surface area contributed by atoms with E-state index in [2.05, 4.69) is 17.2 Å². The zero-order chi connectivity index (χ0) is 14.2. The van der Waals surface area contributed by atoms with Gasteiger partial charge in [0.1, 0.15) is 4.88 Å². The molecule has 0 aromatic carbocycles. The molecule has 2 rings (SSSR count). The maximum atomic E-state index is 12.1. The Kier molecular flexibility index (Phi) is 6.10. The smallest absolute Gasteiger partial charge is 0.262 e. The monoisotopic (exact) mass is 290 g/mol. The minimum atomic E-state index is -0.00672. The van der Waals surface area contributed by atoms with Crippen LogP contribution in [0.3, 0.4) is 0 Å². The molecule has 0 saturated heterocycles. The van der Waals surface area contributed by atoms with Crippen LogP contribution in [0.2, 0.25) is 0 Å². The molecule has 3 nitrogen and oxygen atoms in total. The summed E-state index contributed by atoms with van der Waals surface area (Å²) in [6.07, 6.45) is 7.83. The lowest BCUT2D eigenvalue weighted by atomic mass is 10.0. The normalized spacial score (nSPS) is 14.8. The van der Waals surface area contributed by atoms with Gasteiger partial charge in [-0.15, -0.1) is 11.3 Å². The summed E-state index contributed by atoms with van der Waals surface area (Å²) in [6, 6.07) is 1.88. The molecular formula is C16H22N2OS. The second-order valence-electron chi connectivity index (χ2n) is 5.22. The fourth-order valence-electron chi connectivity index (χ4n) is 2.70. The minimum absolute atomic E-state index is 0.00672. The number of rotatable bonds is 5. The molecule has 20 heavy (non-hydrogen) atoms. The summed E-state index contributed by atoms with van der Waals surface area (Å²) in [6.45, 7) is 1.08. The van der Waals surface area contributed by atoms with Gasteiger partial charge in [0, 0.05) is 12.1 Å². The molecule has 0 aliphatic heterocycles. The highest BCUT2D eigenvalue weighted by Gasteiger charge is 2.15. The van der Waals surface area contributed by atoms with Crippen molar-refractivity contribution >= 4 is 17.2 Å². The number of nitrogens with two attached hydrogens (primary N) is 1. The zero-order valence-electron chi connectivity index (χ0n) is 11.8. The molecule has 0 spiro atoms. The summed E-state index contributed by atoms with van der Waals surface area (Å²) < 4.78 is 0. The van der Waals surface area contributed by atoms with Crippen LogP contribution in [-0.2, 0) is 0 Å². The minimum Gasteiger partial charge on any atom is -0.351 e. The van der Waals surface area contributed by atoms with E-state index in [9.17, 15) is 4.79 Å². The Morgan fingerprint density at radius 1 is 1.45 bits per heavy atom. The van der Waals surface area contributed by atoms with Crippen LogP contribution in [0.4, 0.5) is 0 Å². The van der Waals surface area contributed by atoms with Crippen LogP contribution in [0.25, 0.3) is 0 Å². The first-order valence-corrected chi connectivity index (χ1v) is 8.24. The van der Waals surface area contributed by atoms with Crippen molar-refractivity contribution in [2.75, 3.05) is 13.1 Å². The molecule has 3 N–H and O–H groups in total. The van der Waals surface area contributed by atoms with Crippen molar-refractivity contribution in [2.45, 2.75) is 38.5 Å². The van der Waals surface area contributed by atoms with Gasteiger partial charge in [-0.2, -0.15) is 0 Å². The highest BCUT2D eigenvalue weighted by atomic mass is 32.1. The van der Waals surface area contributed by atoms with Gasteiger partial charge in [-0.05, 0) is 30.2 Å². The number of carbonyl (C=O) groups is 1. The Hall–Kier alpha value is -1.31. The Labute approximate surface area is 124 Å². The third kappa shape index (κ3) is 4.36. The van der Waals surface area contributed by atoms with Gasteiger partial charge < -0.3 is 11.1 Å². The first-order valence-electron chi connectivity index (χ1n) is 7.36. The zero-order valence-corrected chi connectivity index (χ0v) is 12.6. The van der Waals surface area contributed by atoms with Crippen molar-refractivity contribution < 1.29 is 4.79 Å². The summed E-state index contributed by atoms with van der Waals surface area (Å²) in [4.78, 5) is 12.8. The highest BCUT2D eigenvalue weighted by Crippen LogP contribution is 2.28. The van der Waals surface area contributed by atoms with Crippen molar-refractivity contribution in [3.63, 3.8) is 0 Å². The molecule has 1 aliphatic carbocycles. The fraction of sp³-hybridized carbons (Fsp3) is 0.562. The van der Waals surface area contributed by atoms with Crippen LogP contribution < -0.4 is 11.1 Å². The van der Waals surface area contributed by atoms with Gasteiger partial charge in [0.05, 0.1) is 6.54 Å². The molecule has 1 aromatic heterocycles. The van der Waals surface area contributed by atoms with Gasteiger partial charge in [0.2, 0.25) is 0 Å². The largest absolute Gasteiger partial charge is 0.351 e. The van der Waals surface area contributed by atoms with E-state index in [-0.39, 0.29) is 5.91 Å². The molecule has 0 bridgehead atoms. The Balaban J connectivity index is 1.75. The van der Waals surface area contributed by atoms with Crippen molar-refractivity contribution in [2.24, 2.45) is 11.7 Å². The van der Waals surface area contributed by atoms with Gasteiger partial charge in [0.25, 0.3) is 5.91 Å². The molecule has 0 unspecified atom stereocenters. The van der Waals surface area contributed by atoms with Gasteiger partial charge in [0.15, 0.2) is 0 Å². The Morgan fingerprint density at radius 2 is 2.25 bits per heavy atom. The summed E-state index contributed by atoms with van der Waals surface area (Å²) in [7, 11) is 0. The predicted octanol–water partition coefficient (Wildman–Crippen LogP) is 2.76. The van der Waals surface area contributed by atoms with Crippen LogP contribution >= 0.6 is 11.3 Å². The standard InChI is InChI=1S/C16H22N2OS/c17-10-3-8-14-9-12-20-15(14)16(19)18-11-4-7-13-5-1-2-6-13/h9,12-13H,1-2,4-7,10-11,17H2,(H,18,19). The lowest BCUT2D eigenvalue weighted by Gasteiger charge is -2.09. The van der Waals surface area contributed by atoms with Gasteiger partial charge in [-0.3, -0.25) is 4.79 Å². The lowest BCUT2D eigenvalue weighted by Crippen LogP contribution is -2.24. The van der Waals surface area contributed by atoms with Crippen molar-refractivity contribution in [1.82, 2.24) is 5.32 Å². The van der Waals surface area contributed by atoms with E-state index < -0.39 is 0 Å². The number of amides is 1. The van der Waals surface area contributed by atoms with Gasteiger partial charge in [-0.1, -0.05) is 37.5 Å². The average molecular weight is 290 g/mol. The maximum absolute atomic E-state index is 12.1. The highest BCUT2D eigenvalue weighted by molar-refractivity contribution is 7.12. The van der Waals surface area contributed by atoms with E-state index in [1.54, 1.807) is 0 Å². The first-order chi connectivity index (χ1) is 9.81. The number of hydrogen-bond acceptors (Lipinski definition) is 3. The van der Waals surface area contributed by atoms with Gasteiger partial charge in [-0.25, -0.2) is 0 Å². The molecule has 1 heterocycles. The summed E-state index contributed by atoms with van der Waals surface area (Å²) in [5.41, 5.74) is 6.14. The van der Waals surface area contributed by atoms with Crippen LogP contribution in [0, 0.1) is 17.8 Å². The third-order valence-electron chi connectivity index (χ3n) is 3.75. The quantitative estimate of drug-likeness (QED) is 0.647. The van der Waals surface area contributed by atoms with Crippen molar-refractivity contribution in [3.8, 4) is 11.8 Å². The molecule has 108 valence electrons. The predicted molar refractivity (Wildman–Crippen MR) is 83.8 cm³/mol. The third-order valence-corrected chi connectivity index (χ3v) is 4.66. The Morgan fingerprint density at radius 3 is 3.00 bits per heavy atom. The van der Waals surface area contributed by atoms with Crippen molar-refractivity contribution in [1.29, 1.82) is 0 Å². The summed E-state index contributed by atoms with van der Waals surface area (Å²) in [5, 5.41) is 4.90. The molecule has 0 radical (unpaired) electrons. The van der Waals surface area contributed by atoms with Gasteiger partial charge >= 0.3 is 0 Å². The number of carbonyl (C=O) groups excluding carboxylic acids is 1. The van der Waals surface area contributed by atoms with E-state index >= 15 is 0 Å². The SMILES string of the molecule is NCC#Cc1ccsc1C(=O)NCCCC1CCCC1.